The van der Waals surface area contributed by atoms with Crippen LogP contribution in [0.3, 0.4) is 0 Å². The molecular weight excluding hydrogens is 476 g/mol. The maximum atomic E-state index is 12.5. The van der Waals surface area contributed by atoms with Gasteiger partial charge in [-0.1, -0.05) is 30.3 Å². The van der Waals surface area contributed by atoms with Crippen molar-refractivity contribution in [3.63, 3.8) is 0 Å². The Labute approximate surface area is 209 Å². The fourth-order valence-corrected chi connectivity index (χ4v) is 4.81. The summed E-state index contributed by atoms with van der Waals surface area (Å²) >= 11 is 0. The molecule has 0 spiro atoms. The molecule has 0 radical (unpaired) electrons. The molecule has 4 aromatic rings. The maximum absolute atomic E-state index is 12.5. The summed E-state index contributed by atoms with van der Waals surface area (Å²) < 4.78 is 25.2. The van der Waals surface area contributed by atoms with Crippen LogP contribution in [0.4, 0.5) is 5.69 Å². The third-order valence-electron chi connectivity index (χ3n) is 6.06. The number of hydrogen-bond acceptors (Lipinski definition) is 8. The van der Waals surface area contributed by atoms with Crippen LogP contribution in [0.1, 0.15) is 5.56 Å². The third kappa shape index (κ3) is 5.34. The van der Waals surface area contributed by atoms with Crippen molar-refractivity contribution < 1.29 is 8.42 Å². The van der Waals surface area contributed by atoms with Gasteiger partial charge in [0.05, 0.1) is 35.2 Å². The lowest BCUT2D eigenvalue weighted by Gasteiger charge is -2.28. The number of piperazine rings is 1. The van der Waals surface area contributed by atoms with E-state index in [2.05, 4.69) is 25.3 Å². The van der Waals surface area contributed by atoms with Crippen LogP contribution in [0.5, 0.6) is 0 Å². The average molecular weight is 503 g/mol. The Morgan fingerprint density at radius 1 is 0.917 bits per heavy atom. The second kappa shape index (κ2) is 10.00. The van der Waals surface area contributed by atoms with E-state index in [1.165, 1.54) is 10.7 Å². The van der Waals surface area contributed by atoms with Crippen LogP contribution in [0.25, 0.3) is 22.6 Å². The van der Waals surface area contributed by atoms with Crippen LogP contribution < -0.4 is 15.8 Å². The van der Waals surface area contributed by atoms with Crippen LogP contribution in [-0.2, 0) is 16.4 Å². The van der Waals surface area contributed by atoms with Gasteiger partial charge in [0.15, 0.2) is 15.7 Å². The molecule has 0 saturated carbocycles. The Morgan fingerprint density at radius 3 is 2.39 bits per heavy atom. The molecule has 2 aromatic heterocycles. The van der Waals surface area contributed by atoms with Crippen LogP contribution in [0, 0.1) is 0 Å². The van der Waals surface area contributed by atoms with Crippen molar-refractivity contribution in [1.82, 2.24) is 25.1 Å². The van der Waals surface area contributed by atoms with E-state index < -0.39 is 9.84 Å². The fraction of sp³-hybridized carbons (Fsp3) is 0.231. The minimum atomic E-state index is -3.35. The van der Waals surface area contributed by atoms with E-state index in [9.17, 15) is 13.2 Å². The number of sulfone groups is 1. The van der Waals surface area contributed by atoms with Gasteiger partial charge in [0, 0.05) is 49.6 Å². The summed E-state index contributed by atoms with van der Waals surface area (Å²) in [4.78, 5) is 24.1. The molecular formula is C26H26N6O3S. The van der Waals surface area contributed by atoms with Crippen molar-refractivity contribution in [2.24, 2.45) is 0 Å². The Hall–Kier alpha value is -3.89. The summed E-state index contributed by atoms with van der Waals surface area (Å²) in [5.74, 6) is 0.613. The molecule has 36 heavy (non-hydrogen) atoms. The number of anilines is 1. The van der Waals surface area contributed by atoms with Crippen molar-refractivity contribution >= 4 is 15.5 Å². The van der Waals surface area contributed by atoms with E-state index >= 15 is 0 Å². The highest BCUT2D eigenvalue weighted by Gasteiger charge is 2.13. The van der Waals surface area contributed by atoms with Crippen molar-refractivity contribution in [1.29, 1.82) is 0 Å². The first-order chi connectivity index (χ1) is 17.4. The zero-order valence-corrected chi connectivity index (χ0v) is 20.6. The molecule has 0 aliphatic carbocycles. The molecule has 1 aliphatic rings. The number of aromatic nitrogens is 4. The molecule has 1 aliphatic heterocycles. The summed E-state index contributed by atoms with van der Waals surface area (Å²) in [5.41, 5.74) is 3.62. The van der Waals surface area contributed by atoms with E-state index in [0.717, 1.165) is 49.2 Å². The number of nitrogens with zero attached hydrogens (tertiary/aromatic N) is 5. The second-order valence-electron chi connectivity index (χ2n) is 8.72. The zero-order chi connectivity index (χ0) is 25.1. The number of benzene rings is 2. The molecule has 2 aromatic carbocycles. The molecule has 0 bridgehead atoms. The first-order valence-electron chi connectivity index (χ1n) is 11.6. The van der Waals surface area contributed by atoms with Gasteiger partial charge in [0.2, 0.25) is 0 Å². The molecule has 1 fully saturated rings. The SMILES string of the molecule is CS(=O)(=O)c1cccc(-c2ccc(=O)n(Cc3cccc(-c4ncc(N5CCNCC5)cn4)c3)n2)c1. The number of nitrogens with one attached hydrogen (secondary N) is 1. The lowest BCUT2D eigenvalue weighted by molar-refractivity contribution is 0.588. The highest BCUT2D eigenvalue weighted by molar-refractivity contribution is 7.90. The minimum absolute atomic E-state index is 0.204. The molecule has 9 nitrogen and oxygen atoms in total. The predicted octanol–water partition coefficient (Wildman–Crippen LogP) is 2.23. The van der Waals surface area contributed by atoms with Crippen molar-refractivity contribution in [3.05, 3.63) is 89.0 Å². The van der Waals surface area contributed by atoms with Crippen molar-refractivity contribution in [2.75, 3.05) is 37.3 Å². The minimum Gasteiger partial charge on any atom is -0.366 e. The molecule has 184 valence electrons. The second-order valence-corrected chi connectivity index (χ2v) is 10.7. The fourth-order valence-electron chi connectivity index (χ4n) is 4.14. The van der Waals surface area contributed by atoms with Gasteiger partial charge in [0.1, 0.15) is 0 Å². The van der Waals surface area contributed by atoms with Gasteiger partial charge in [-0.05, 0) is 29.8 Å². The Kier molecular flexibility index (Phi) is 6.62. The molecule has 0 amide bonds. The number of rotatable bonds is 6. The van der Waals surface area contributed by atoms with Gasteiger partial charge < -0.3 is 10.2 Å². The summed E-state index contributed by atoms with van der Waals surface area (Å²) in [7, 11) is -3.35. The molecule has 1 N–H and O–H groups in total. The molecule has 3 heterocycles. The standard InChI is InChI=1S/C26H26N6O3S/c1-36(34,35)23-7-3-5-20(15-23)24-8-9-25(33)32(30-24)18-19-4-2-6-21(14-19)26-28-16-22(17-29-26)31-12-10-27-11-13-31/h2-9,14-17,27H,10-13,18H2,1H3. The average Bonchev–Trinajstić information content (AvgIpc) is 2.90. The van der Waals surface area contributed by atoms with Gasteiger partial charge in [-0.3, -0.25) is 4.79 Å². The maximum Gasteiger partial charge on any atom is 0.267 e. The molecule has 1 saturated heterocycles. The van der Waals surface area contributed by atoms with Gasteiger partial charge in [-0.25, -0.2) is 23.1 Å². The van der Waals surface area contributed by atoms with Crippen molar-refractivity contribution in [3.8, 4) is 22.6 Å². The summed E-state index contributed by atoms with van der Waals surface area (Å²) in [6, 6.07) is 17.3. The van der Waals surface area contributed by atoms with Crippen LogP contribution in [0.2, 0.25) is 0 Å². The monoisotopic (exact) mass is 502 g/mol. The van der Waals surface area contributed by atoms with Gasteiger partial charge in [-0.15, -0.1) is 0 Å². The van der Waals surface area contributed by atoms with Gasteiger partial charge >= 0.3 is 0 Å². The Balaban J connectivity index is 1.39. The third-order valence-corrected chi connectivity index (χ3v) is 7.17. The molecule has 10 heteroatoms. The molecule has 0 atom stereocenters. The normalized spacial score (nSPS) is 14.1. The van der Waals surface area contributed by atoms with Gasteiger partial charge in [0.25, 0.3) is 5.56 Å². The number of hydrogen-bond donors (Lipinski definition) is 1. The molecule has 5 rings (SSSR count). The predicted molar refractivity (Wildman–Crippen MR) is 139 cm³/mol. The summed E-state index contributed by atoms with van der Waals surface area (Å²) in [5, 5.41) is 7.83. The first kappa shape index (κ1) is 23.8. The highest BCUT2D eigenvalue weighted by atomic mass is 32.2. The van der Waals surface area contributed by atoms with E-state index in [1.807, 2.05) is 36.7 Å². The Morgan fingerprint density at radius 2 is 1.64 bits per heavy atom. The first-order valence-corrected chi connectivity index (χ1v) is 13.5. The van der Waals surface area contributed by atoms with Gasteiger partial charge in [-0.2, -0.15) is 5.10 Å². The smallest absolute Gasteiger partial charge is 0.267 e. The van der Waals surface area contributed by atoms with Crippen LogP contribution >= 0.6 is 0 Å². The van der Waals surface area contributed by atoms with Crippen molar-refractivity contribution in [2.45, 2.75) is 11.4 Å². The Bertz CT molecular complexity index is 1540. The zero-order valence-electron chi connectivity index (χ0n) is 19.8. The van der Waals surface area contributed by atoms with Crippen LogP contribution in [-0.4, -0.2) is 60.6 Å². The highest BCUT2D eigenvalue weighted by Crippen LogP contribution is 2.21. The quantitative estimate of drug-likeness (QED) is 0.428. The lowest BCUT2D eigenvalue weighted by Crippen LogP contribution is -2.43. The van der Waals surface area contributed by atoms with E-state index in [-0.39, 0.29) is 17.0 Å². The topological polar surface area (TPSA) is 110 Å². The van der Waals surface area contributed by atoms with Crippen LogP contribution in [0.15, 0.2) is 82.7 Å². The molecule has 0 unspecified atom stereocenters. The lowest BCUT2D eigenvalue weighted by atomic mass is 10.1. The summed E-state index contributed by atoms with van der Waals surface area (Å²) in [6.07, 6.45) is 4.86. The largest absolute Gasteiger partial charge is 0.366 e. The van der Waals surface area contributed by atoms with E-state index in [0.29, 0.717) is 17.1 Å². The summed E-state index contributed by atoms with van der Waals surface area (Å²) in [6.45, 7) is 4.00. The van der Waals surface area contributed by atoms with E-state index in [4.69, 9.17) is 0 Å². The van der Waals surface area contributed by atoms with E-state index in [1.54, 1.807) is 30.3 Å².